The SMILES string of the molecule is O=Cc1cc(=O)c(Cl)c(C(F)F)[nH]1. The number of hydrogen-bond acceptors (Lipinski definition) is 2. The molecule has 0 aromatic carbocycles. The Hall–Kier alpha value is -1.23. The van der Waals surface area contributed by atoms with Gasteiger partial charge in [0.15, 0.2) is 6.29 Å². The molecular weight excluding hydrogens is 204 g/mol. The Morgan fingerprint density at radius 1 is 1.54 bits per heavy atom. The third-order valence-electron chi connectivity index (χ3n) is 1.36. The molecule has 0 saturated heterocycles. The van der Waals surface area contributed by atoms with Gasteiger partial charge >= 0.3 is 0 Å². The number of hydrogen-bond donors (Lipinski definition) is 1. The van der Waals surface area contributed by atoms with E-state index in [-0.39, 0.29) is 12.0 Å². The highest BCUT2D eigenvalue weighted by atomic mass is 35.5. The predicted molar refractivity (Wildman–Crippen MR) is 42.4 cm³/mol. The summed E-state index contributed by atoms with van der Waals surface area (Å²) >= 11 is 5.28. The van der Waals surface area contributed by atoms with E-state index in [1.54, 1.807) is 0 Å². The molecule has 13 heavy (non-hydrogen) atoms. The Morgan fingerprint density at radius 3 is 2.62 bits per heavy atom. The van der Waals surface area contributed by atoms with Crippen molar-refractivity contribution in [2.45, 2.75) is 6.43 Å². The van der Waals surface area contributed by atoms with Crippen molar-refractivity contribution < 1.29 is 13.6 Å². The first-order valence-electron chi connectivity index (χ1n) is 3.22. The van der Waals surface area contributed by atoms with Crippen LogP contribution in [-0.2, 0) is 0 Å². The predicted octanol–water partition coefficient (Wildman–Crippen LogP) is 1.78. The Balaban J connectivity index is 3.41. The van der Waals surface area contributed by atoms with Gasteiger partial charge in [0.25, 0.3) is 6.43 Å². The lowest BCUT2D eigenvalue weighted by molar-refractivity contribution is 0.111. The molecule has 0 saturated carbocycles. The number of H-pyrrole nitrogens is 1. The smallest absolute Gasteiger partial charge is 0.279 e. The quantitative estimate of drug-likeness (QED) is 0.752. The summed E-state index contributed by atoms with van der Waals surface area (Å²) in [7, 11) is 0. The van der Waals surface area contributed by atoms with E-state index in [4.69, 9.17) is 11.6 Å². The molecule has 0 aliphatic heterocycles. The van der Waals surface area contributed by atoms with Crippen LogP contribution in [0.25, 0.3) is 0 Å². The fourth-order valence-electron chi connectivity index (χ4n) is 0.798. The summed E-state index contributed by atoms with van der Waals surface area (Å²) in [5.41, 5.74) is -1.74. The number of aromatic amines is 1. The molecular formula is C7H4ClF2NO2. The molecule has 0 bridgehead atoms. The van der Waals surface area contributed by atoms with Gasteiger partial charge in [0.1, 0.15) is 10.7 Å². The van der Waals surface area contributed by atoms with Crippen molar-refractivity contribution in [2.24, 2.45) is 0 Å². The second-order valence-electron chi connectivity index (χ2n) is 2.24. The van der Waals surface area contributed by atoms with Gasteiger partial charge in [0.05, 0.1) is 5.69 Å². The van der Waals surface area contributed by atoms with Crippen LogP contribution in [0.15, 0.2) is 10.9 Å². The summed E-state index contributed by atoms with van der Waals surface area (Å²) < 4.78 is 24.3. The molecule has 6 heteroatoms. The molecule has 0 atom stereocenters. The third-order valence-corrected chi connectivity index (χ3v) is 1.75. The Bertz CT molecular complexity index is 389. The van der Waals surface area contributed by atoms with E-state index < -0.39 is 22.6 Å². The normalized spacial score (nSPS) is 10.5. The molecule has 0 unspecified atom stereocenters. The summed E-state index contributed by atoms with van der Waals surface area (Å²) in [5.74, 6) is 0. The number of nitrogens with one attached hydrogen (secondary N) is 1. The van der Waals surface area contributed by atoms with Crippen molar-refractivity contribution in [3.8, 4) is 0 Å². The fraction of sp³-hybridized carbons (Fsp3) is 0.143. The number of pyridine rings is 1. The van der Waals surface area contributed by atoms with Gasteiger partial charge in [-0.05, 0) is 0 Å². The van der Waals surface area contributed by atoms with Crippen molar-refractivity contribution in [3.63, 3.8) is 0 Å². The maximum atomic E-state index is 12.2. The van der Waals surface area contributed by atoms with Crippen molar-refractivity contribution in [2.75, 3.05) is 0 Å². The lowest BCUT2D eigenvalue weighted by Crippen LogP contribution is -2.09. The van der Waals surface area contributed by atoms with E-state index in [2.05, 4.69) is 4.98 Å². The number of alkyl halides is 2. The molecule has 0 radical (unpaired) electrons. The number of rotatable bonds is 2. The van der Waals surface area contributed by atoms with Crippen LogP contribution in [0.2, 0.25) is 5.02 Å². The number of carbonyl (C=O) groups is 1. The first-order chi connectivity index (χ1) is 6.06. The zero-order valence-corrected chi connectivity index (χ0v) is 6.94. The maximum Gasteiger partial charge on any atom is 0.279 e. The summed E-state index contributed by atoms with van der Waals surface area (Å²) in [4.78, 5) is 23.1. The Morgan fingerprint density at radius 2 is 2.15 bits per heavy atom. The third kappa shape index (κ3) is 1.92. The molecule has 1 aromatic heterocycles. The molecule has 0 aliphatic rings. The van der Waals surface area contributed by atoms with Crippen molar-refractivity contribution in [3.05, 3.63) is 32.7 Å². The van der Waals surface area contributed by atoms with Gasteiger partial charge in [-0.15, -0.1) is 0 Å². The maximum absolute atomic E-state index is 12.2. The molecule has 1 heterocycles. The highest BCUT2D eigenvalue weighted by Gasteiger charge is 2.15. The van der Waals surface area contributed by atoms with E-state index in [0.717, 1.165) is 6.07 Å². The van der Waals surface area contributed by atoms with Gasteiger partial charge in [-0.1, -0.05) is 11.6 Å². The first-order valence-corrected chi connectivity index (χ1v) is 3.60. The standard InChI is InChI=1S/C7H4ClF2NO2/c8-5-4(13)1-3(2-12)11-6(5)7(9)10/h1-2,7H,(H,11,13). The van der Waals surface area contributed by atoms with Crippen LogP contribution in [0.5, 0.6) is 0 Å². The summed E-state index contributed by atoms with van der Waals surface area (Å²) in [5, 5.41) is -0.583. The summed E-state index contributed by atoms with van der Waals surface area (Å²) in [6.45, 7) is 0. The van der Waals surface area contributed by atoms with Gasteiger partial charge < -0.3 is 4.98 Å². The average Bonchev–Trinajstić information content (AvgIpc) is 2.09. The number of halogens is 3. The van der Waals surface area contributed by atoms with Gasteiger partial charge in [-0.25, -0.2) is 8.78 Å². The van der Waals surface area contributed by atoms with Crippen molar-refractivity contribution in [1.82, 2.24) is 4.98 Å². The summed E-state index contributed by atoms with van der Waals surface area (Å²) in [6.07, 6.45) is -2.64. The van der Waals surface area contributed by atoms with Crippen LogP contribution in [0.4, 0.5) is 8.78 Å². The van der Waals surface area contributed by atoms with E-state index in [9.17, 15) is 18.4 Å². The molecule has 3 nitrogen and oxygen atoms in total. The van der Waals surface area contributed by atoms with Crippen molar-refractivity contribution >= 4 is 17.9 Å². The molecule has 0 spiro atoms. The number of aldehydes is 1. The monoisotopic (exact) mass is 207 g/mol. The van der Waals surface area contributed by atoms with Crippen LogP contribution < -0.4 is 5.43 Å². The summed E-state index contributed by atoms with van der Waals surface area (Å²) in [6, 6.07) is 0.862. The van der Waals surface area contributed by atoms with E-state index in [1.807, 2.05) is 0 Å². The minimum atomic E-state index is -2.90. The van der Waals surface area contributed by atoms with Crippen molar-refractivity contribution in [1.29, 1.82) is 0 Å². The molecule has 1 N–H and O–H groups in total. The number of aromatic nitrogens is 1. The lowest BCUT2D eigenvalue weighted by Gasteiger charge is -2.02. The van der Waals surface area contributed by atoms with Crippen LogP contribution in [0, 0.1) is 0 Å². The van der Waals surface area contributed by atoms with Gasteiger partial charge in [0.2, 0.25) is 5.43 Å². The second-order valence-corrected chi connectivity index (χ2v) is 2.61. The zero-order chi connectivity index (χ0) is 10.0. The van der Waals surface area contributed by atoms with Gasteiger partial charge in [0, 0.05) is 6.07 Å². The van der Waals surface area contributed by atoms with Gasteiger partial charge in [-0.2, -0.15) is 0 Å². The topological polar surface area (TPSA) is 49.9 Å². The lowest BCUT2D eigenvalue weighted by atomic mass is 10.3. The average molecular weight is 208 g/mol. The molecule has 1 aromatic rings. The minimum Gasteiger partial charge on any atom is -0.350 e. The van der Waals surface area contributed by atoms with Crippen LogP contribution >= 0.6 is 11.6 Å². The molecule has 0 amide bonds. The molecule has 0 fully saturated rings. The van der Waals surface area contributed by atoms with Crippen LogP contribution in [0.1, 0.15) is 22.6 Å². The van der Waals surface area contributed by atoms with Crippen LogP contribution in [0.3, 0.4) is 0 Å². The fourth-order valence-corrected chi connectivity index (χ4v) is 0.982. The highest BCUT2D eigenvalue weighted by molar-refractivity contribution is 6.31. The highest BCUT2D eigenvalue weighted by Crippen LogP contribution is 2.21. The Labute approximate surface area is 76.3 Å². The van der Waals surface area contributed by atoms with E-state index >= 15 is 0 Å². The second kappa shape index (κ2) is 3.66. The zero-order valence-electron chi connectivity index (χ0n) is 6.18. The number of carbonyl (C=O) groups excluding carboxylic acids is 1. The molecule has 1 rings (SSSR count). The minimum absolute atomic E-state index is 0.218. The first kappa shape index (κ1) is 9.85. The molecule has 70 valence electrons. The van der Waals surface area contributed by atoms with E-state index in [1.165, 1.54) is 0 Å². The van der Waals surface area contributed by atoms with Crippen LogP contribution in [-0.4, -0.2) is 11.3 Å². The Kier molecular flexibility index (Phi) is 2.77. The van der Waals surface area contributed by atoms with E-state index in [0.29, 0.717) is 0 Å². The largest absolute Gasteiger partial charge is 0.350 e. The van der Waals surface area contributed by atoms with Gasteiger partial charge in [-0.3, -0.25) is 9.59 Å². The molecule has 0 aliphatic carbocycles.